The Balaban J connectivity index is 1.02. The molecule has 1 aliphatic rings. The molecule has 1 atom stereocenters. The summed E-state index contributed by atoms with van der Waals surface area (Å²) in [5.74, 6) is 2.34. The lowest BCUT2D eigenvalue weighted by atomic mass is 10.0. The summed E-state index contributed by atoms with van der Waals surface area (Å²) in [5.41, 5.74) is 4.30. The number of rotatable bonds is 20. The minimum absolute atomic E-state index is 0.393. The molecule has 0 fully saturated rings. The number of unbranched alkanes of at least 4 members (excludes halogenated alkanes) is 2. The second-order valence-electron chi connectivity index (χ2n) is 12.2. The summed E-state index contributed by atoms with van der Waals surface area (Å²) in [5, 5.41) is 0. The molecular weight excluding hydrogens is 584 g/mol. The zero-order valence-electron chi connectivity index (χ0n) is 27.7. The third kappa shape index (κ3) is 12.7. The quantitative estimate of drug-likeness (QED) is 0.0935. The molecule has 8 heteroatoms. The molecule has 0 aromatic carbocycles. The minimum atomic E-state index is 0.393. The first-order valence-electron chi connectivity index (χ1n) is 16.9. The van der Waals surface area contributed by atoms with E-state index in [2.05, 4.69) is 73.1 Å². The lowest BCUT2D eigenvalue weighted by Crippen LogP contribution is -2.25. The van der Waals surface area contributed by atoms with E-state index in [-0.39, 0.29) is 0 Å². The smallest absolute Gasteiger partial charge is 0.118 e. The summed E-state index contributed by atoms with van der Waals surface area (Å²) in [7, 11) is 0. The number of pyridine rings is 4. The monoisotopic (exact) mass is 632 g/mol. The summed E-state index contributed by atoms with van der Waals surface area (Å²) in [6.45, 7) is 8.74. The molecule has 1 unspecified atom stereocenters. The Bertz CT molecular complexity index is 1400. The van der Waals surface area contributed by atoms with Crippen molar-refractivity contribution >= 4 is 0 Å². The minimum Gasteiger partial charge on any atom is -0.498 e. The second kappa shape index (κ2) is 19.3. The fraction of sp³-hybridized carbons (Fsp3) is 0.385. The maximum absolute atomic E-state index is 6.25. The van der Waals surface area contributed by atoms with Crippen molar-refractivity contribution in [1.82, 2.24) is 29.7 Å². The van der Waals surface area contributed by atoms with Crippen LogP contribution in [0.3, 0.4) is 0 Å². The van der Waals surface area contributed by atoms with Gasteiger partial charge in [0.05, 0.1) is 36.0 Å². The van der Waals surface area contributed by atoms with Gasteiger partial charge in [-0.05, 0) is 99.3 Å². The standard InChI is InChI=1S/C39H48N6O2/c1-33-26-38(46-24-12-10-22-44(29-34-14-2-6-18-40-34)30-35-15-3-7-19-41-35)28-39(27-33)47-25-13-11-23-45(31-36-16-4-8-20-42-36)32-37-17-5-9-21-43-37/h2-9,14-21,26,28,33H,10-13,22-25,27,29-32H2,1H3. The summed E-state index contributed by atoms with van der Waals surface area (Å²) in [4.78, 5) is 22.9. The molecule has 4 aromatic heterocycles. The summed E-state index contributed by atoms with van der Waals surface area (Å²) in [6, 6.07) is 24.4. The fourth-order valence-corrected chi connectivity index (χ4v) is 5.69. The van der Waals surface area contributed by atoms with Crippen molar-refractivity contribution in [3.05, 3.63) is 144 Å². The Morgan fingerprint density at radius 3 is 1.40 bits per heavy atom. The van der Waals surface area contributed by atoms with E-state index in [0.29, 0.717) is 19.1 Å². The number of hydrogen-bond donors (Lipinski definition) is 0. The van der Waals surface area contributed by atoms with Crippen molar-refractivity contribution in [3.63, 3.8) is 0 Å². The van der Waals surface area contributed by atoms with Gasteiger partial charge < -0.3 is 9.47 Å². The van der Waals surface area contributed by atoms with Gasteiger partial charge in [0.1, 0.15) is 11.5 Å². The molecule has 0 spiro atoms. The molecule has 5 rings (SSSR count). The van der Waals surface area contributed by atoms with E-state index in [1.807, 2.05) is 73.3 Å². The Labute approximate surface area is 280 Å². The van der Waals surface area contributed by atoms with Crippen LogP contribution < -0.4 is 0 Å². The van der Waals surface area contributed by atoms with Crippen LogP contribution in [-0.2, 0) is 35.7 Å². The molecule has 0 aliphatic heterocycles. The zero-order chi connectivity index (χ0) is 32.4. The van der Waals surface area contributed by atoms with Crippen LogP contribution in [0.4, 0.5) is 0 Å². The van der Waals surface area contributed by atoms with Crippen molar-refractivity contribution in [3.8, 4) is 0 Å². The van der Waals surface area contributed by atoms with Crippen LogP contribution in [0.1, 0.15) is 61.8 Å². The Morgan fingerprint density at radius 1 is 0.574 bits per heavy atom. The third-order valence-electron chi connectivity index (χ3n) is 8.02. The van der Waals surface area contributed by atoms with Gasteiger partial charge in [0.15, 0.2) is 0 Å². The highest BCUT2D eigenvalue weighted by molar-refractivity contribution is 5.22. The Morgan fingerprint density at radius 2 is 1.00 bits per heavy atom. The highest BCUT2D eigenvalue weighted by atomic mass is 16.5. The normalized spacial score (nSPS) is 14.6. The maximum Gasteiger partial charge on any atom is 0.118 e. The first-order valence-corrected chi connectivity index (χ1v) is 16.9. The molecule has 47 heavy (non-hydrogen) atoms. The number of allylic oxidation sites excluding steroid dienone is 3. The largest absolute Gasteiger partial charge is 0.498 e. The van der Waals surface area contributed by atoms with E-state index in [1.165, 1.54) is 0 Å². The molecule has 4 heterocycles. The average molecular weight is 633 g/mol. The van der Waals surface area contributed by atoms with Gasteiger partial charge in [-0.25, -0.2) is 0 Å². The topological polar surface area (TPSA) is 76.5 Å². The number of ether oxygens (including phenoxy) is 2. The lowest BCUT2D eigenvalue weighted by molar-refractivity contribution is 0.165. The first kappa shape index (κ1) is 33.9. The predicted molar refractivity (Wildman–Crippen MR) is 185 cm³/mol. The fourth-order valence-electron chi connectivity index (χ4n) is 5.69. The van der Waals surface area contributed by atoms with Crippen molar-refractivity contribution < 1.29 is 9.47 Å². The van der Waals surface area contributed by atoms with Gasteiger partial charge in [-0.15, -0.1) is 0 Å². The maximum atomic E-state index is 6.25. The van der Waals surface area contributed by atoms with Crippen molar-refractivity contribution in [2.75, 3.05) is 26.3 Å². The Hall–Kier alpha value is -4.40. The first-order chi connectivity index (χ1) is 23.2. The van der Waals surface area contributed by atoms with Gasteiger partial charge in [0.2, 0.25) is 0 Å². The van der Waals surface area contributed by atoms with Crippen LogP contribution in [0.25, 0.3) is 0 Å². The lowest BCUT2D eigenvalue weighted by Gasteiger charge is -2.23. The van der Waals surface area contributed by atoms with Crippen molar-refractivity contribution in [2.45, 2.75) is 65.2 Å². The Kier molecular flexibility index (Phi) is 13.9. The molecule has 4 aromatic rings. The van der Waals surface area contributed by atoms with Crippen molar-refractivity contribution in [2.24, 2.45) is 5.92 Å². The molecule has 8 nitrogen and oxygen atoms in total. The molecule has 0 saturated carbocycles. The van der Waals surface area contributed by atoms with E-state index in [4.69, 9.17) is 9.47 Å². The van der Waals surface area contributed by atoms with E-state index in [9.17, 15) is 0 Å². The summed E-state index contributed by atoms with van der Waals surface area (Å²) < 4.78 is 12.5. The summed E-state index contributed by atoms with van der Waals surface area (Å²) >= 11 is 0. The average Bonchev–Trinajstić information content (AvgIpc) is 3.09. The second-order valence-corrected chi connectivity index (χ2v) is 12.2. The highest BCUT2D eigenvalue weighted by Gasteiger charge is 2.15. The van der Waals surface area contributed by atoms with Crippen LogP contribution in [0, 0.1) is 5.92 Å². The van der Waals surface area contributed by atoms with Gasteiger partial charge in [-0.2, -0.15) is 0 Å². The van der Waals surface area contributed by atoms with Crippen LogP contribution in [0.2, 0.25) is 0 Å². The van der Waals surface area contributed by atoms with E-state index >= 15 is 0 Å². The molecule has 0 bridgehead atoms. The molecule has 0 amide bonds. The van der Waals surface area contributed by atoms with Gasteiger partial charge in [-0.3, -0.25) is 29.7 Å². The van der Waals surface area contributed by atoms with E-state index < -0.39 is 0 Å². The van der Waals surface area contributed by atoms with Crippen LogP contribution >= 0.6 is 0 Å². The van der Waals surface area contributed by atoms with Gasteiger partial charge in [0.25, 0.3) is 0 Å². The van der Waals surface area contributed by atoms with E-state index in [1.54, 1.807) is 0 Å². The van der Waals surface area contributed by atoms with E-state index in [0.717, 1.165) is 106 Å². The number of aromatic nitrogens is 4. The summed E-state index contributed by atoms with van der Waals surface area (Å²) in [6.07, 6.45) is 16.7. The molecule has 246 valence electrons. The molecule has 0 radical (unpaired) electrons. The SMILES string of the molecule is CC1C=C(OCCCCN(Cc2ccccn2)Cc2ccccn2)C=C(OCCCCN(Cc2ccccn2)Cc2ccccn2)C1. The molecule has 0 saturated heterocycles. The highest BCUT2D eigenvalue weighted by Crippen LogP contribution is 2.24. The van der Waals surface area contributed by atoms with Crippen LogP contribution in [0.15, 0.2) is 121 Å². The van der Waals surface area contributed by atoms with Gasteiger partial charge in [0, 0.05) is 63.5 Å². The molecule has 0 N–H and O–H groups in total. The van der Waals surface area contributed by atoms with Crippen molar-refractivity contribution in [1.29, 1.82) is 0 Å². The third-order valence-corrected chi connectivity index (χ3v) is 8.02. The number of hydrogen-bond acceptors (Lipinski definition) is 8. The number of nitrogens with zero attached hydrogens (tertiary/aromatic N) is 6. The zero-order valence-corrected chi connectivity index (χ0v) is 27.7. The predicted octanol–water partition coefficient (Wildman–Crippen LogP) is 7.37. The van der Waals surface area contributed by atoms with Gasteiger partial charge in [-0.1, -0.05) is 31.2 Å². The van der Waals surface area contributed by atoms with Gasteiger partial charge >= 0.3 is 0 Å². The molecular formula is C39H48N6O2. The van der Waals surface area contributed by atoms with Crippen LogP contribution in [0.5, 0.6) is 0 Å². The van der Waals surface area contributed by atoms with Crippen LogP contribution in [-0.4, -0.2) is 56.0 Å². The molecule has 1 aliphatic carbocycles.